The lowest BCUT2D eigenvalue weighted by atomic mass is 10.1. The van der Waals surface area contributed by atoms with Crippen LogP contribution in [0.1, 0.15) is 17.0 Å². The number of carbonyl (C=O) groups excluding carboxylic acids is 1. The van der Waals surface area contributed by atoms with Gasteiger partial charge in [0.2, 0.25) is 11.1 Å². The molecule has 4 aromatic rings. The van der Waals surface area contributed by atoms with E-state index in [9.17, 15) is 4.79 Å². The van der Waals surface area contributed by atoms with Crippen molar-refractivity contribution in [3.05, 3.63) is 53.7 Å². The van der Waals surface area contributed by atoms with Crippen LogP contribution in [-0.2, 0) is 11.2 Å². The number of aryl methyl sites for hydroxylation is 2. The molecule has 0 fully saturated rings. The summed E-state index contributed by atoms with van der Waals surface area (Å²) in [5.74, 6) is 0.930. The van der Waals surface area contributed by atoms with Gasteiger partial charge in [-0.1, -0.05) is 11.8 Å². The van der Waals surface area contributed by atoms with Crippen molar-refractivity contribution in [1.29, 1.82) is 0 Å². The minimum absolute atomic E-state index is 0.168. The van der Waals surface area contributed by atoms with E-state index in [0.29, 0.717) is 22.4 Å². The topological polar surface area (TPSA) is 103 Å². The molecule has 0 unspecified atom stereocenters. The molecular weight excluding hydrogens is 376 g/mol. The third-order valence-corrected chi connectivity index (χ3v) is 4.87. The zero-order valence-corrected chi connectivity index (χ0v) is 16.4. The molecule has 0 spiro atoms. The molecular formula is C18H18N8OS. The number of amides is 1. The zero-order valence-electron chi connectivity index (χ0n) is 15.6. The van der Waals surface area contributed by atoms with E-state index in [4.69, 9.17) is 0 Å². The van der Waals surface area contributed by atoms with E-state index in [1.165, 1.54) is 11.8 Å². The van der Waals surface area contributed by atoms with Gasteiger partial charge >= 0.3 is 0 Å². The molecule has 0 aliphatic heterocycles. The van der Waals surface area contributed by atoms with Gasteiger partial charge in [-0.3, -0.25) is 4.79 Å². The van der Waals surface area contributed by atoms with Crippen molar-refractivity contribution < 1.29 is 4.79 Å². The van der Waals surface area contributed by atoms with Gasteiger partial charge in [0, 0.05) is 35.5 Å². The summed E-state index contributed by atoms with van der Waals surface area (Å²) in [6, 6.07) is 5.37. The lowest BCUT2D eigenvalue weighted by Gasteiger charge is -2.12. The maximum absolute atomic E-state index is 12.8. The molecule has 0 aliphatic rings. The van der Waals surface area contributed by atoms with E-state index in [1.807, 2.05) is 20.1 Å². The number of rotatable bonds is 5. The summed E-state index contributed by atoms with van der Waals surface area (Å²) in [6.45, 7) is 3.80. The molecule has 0 radical (unpaired) electrons. The molecule has 0 aromatic carbocycles. The Morgan fingerprint density at radius 2 is 2.07 bits per heavy atom. The van der Waals surface area contributed by atoms with Crippen LogP contribution in [0.25, 0.3) is 11.6 Å². The predicted octanol–water partition coefficient (Wildman–Crippen LogP) is 2.22. The van der Waals surface area contributed by atoms with Gasteiger partial charge in [-0.2, -0.15) is 10.1 Å². The van der Waals surface area contributed by atoms with E-state index in [-0.39, 0.29) is 12.3 Å². The fraction of sp³-hybridized carbons (Fsp3) is 0.222. The smallest absolute Gasteiger partial charge is 0.253 e. The monoisotopic (exact) mass is 394 g/mol. The third-order valence-electron chi connectivity index (χ3n) is 4.33. The molecule has 4 aromatic heterocycles. The van der Waals surface area contributed by atoms with Crippen molar-refractivity contribution in [2.45, 2.75) is 25.4 Å². The normalized spacial score (nSPS) is 11.1. The van der Waals surface area contributed by atoms with E-state index in [0.717, 1.165) is 17.0 Å². The van der Waals surface area contributed by atoms with E-state index in [1.54, 1.807) is 46.0 Å². The molecule has 0 saturated heterocycles. The van der Waals surface area contributed by atoms with Crippen LogP contribution in [0.3, 0.4) is 0 Å². The van der Waals surface area contributed by atoms with Crippen molar-refractivity contribution >= 4 is 29.1 Å². The van der Waals surface area contributed by atoms with Crippen molar-refractivity contribution in [2.75, 3.05) is 11.6 Å². The van der Waals surface area contributed by atoms with Crippen LogP contribution in [0.15, 0.2) is 41.9 Å². The predicted molar refractivity (Wildman–Crippen MR) is 106 cm³/mol. The zero-order chi connectivity index (χ0) is 19.7. The number of hydrogen-bond donors (Lipinski definition) is 1. The minimum atomic E-state index is -0.168. The molecule has 4 rings (SSSR count). The maximum Gasteiger partial charge on any atom is 0.253 e. The largest absolute Gasteiger partial charge is 0.323 e. The summed E-state index contributed by atoms with van der Waals surface area (Å²) >= 11 is 1.45. The highest BCUT2D eigenvalue weighted by Crippen LogP contribution is 2.19. The first kappa shape index (κ1) is 18.1. The highest BCUT2D eigenvalue weighted by atomic mass is 32.2. The van der Waals surface area contributed by atoms with Crippen LogP contribution in [-0.4, -0.2) is 46.5 Å². The van der Waals surface area contributed by atoms with Crippen molar-refractivity contribution in [2.24, 2.45) is 0 Å². The number of thioether (sulfide) groups is 1. The van der Waals surface area contributed by atoms with Crippen LogP contribution >= 0.6 is 11.8 Å². The summed E-state index contributed by atoms with van der Waals surface area (Å²) in [4.78, 5) is 25.9. The van der Waals surface area contributed by atoms with E-state index >= 15 is 0 Å². The molecule has 0 atom stereocenters. The van der Waals surface area contributed by atoms with Gasteiger partial charge in [0.25, 0.3) is 5.78 Å². The number of hydrogen-bond acceptors (Lipinski definition) is 7. The van der Waals surface area contributed by atoms with Gasteiger partial charge < -0.3 is 5.32 Å². The Bertz CT molecular complexity index is 1150. The van der Waals surface area contributed by atoms with Gasteiger partial charge in [0.1, 0.15) is 0 Å². The Balaban J connectivity index is 1.62. The van der Waals surface area contributed by atoms with E-state index in [2.05, 4.69) is 30.5 Å². The average molecular weight is 394 g/mol. The number of nitrogens with zero attached hydrogens (tertiary/aromatic N) is 7. The van der Waals surface area contributed by atoms with Crippen molar-refractivity contribution in [1.82, 2.24) is 34.3 Å². The van der Waals surface area contributed by atoms with Gasteiger partial charge in [-0.25, -0.2) is 19.2 Å². The van der Waals surface area contributed by atoms with Gasteiger partial charge in [-0.05, 0) is 38.3 Å². The Morgan fingerprint density at radius 1 is 1.21 bits per heavy atom. The van der Waals surface area contributed by atoms with E-state index < -0.39 is 0 Å². The Kier molecular flexibility index (Phi) is 4.78. The Labute approximate surface area is 165 Å². The molecule has 9 nitrogen and oxygen atoms in total. The SMILES string of the molecule is CSc1nc2nc(C)c(CC(=O)Nc3cccnc3-n3cccn3)c(C)n2n1. The van der Waals surface area contributed by atoms with Gasteiger partial charge in [-0.15, -0.1) is 5.10 Å². The third kappa shape index (κ3) is 3.33. The molecule has 10 heteroatoms. The molecule has 28 heavy (non-hydrogen) atoms. The molecule has 142 valence electrons. The first-order chi connectivity index (χ1) is 13.6. The molecule has 4 heterocycles. The van der Waals surface area contributed by atoms with Gasteiger partial charge in [0.05, 0.1) is 12.1 Å². The first-order valence-electron chi connectivity index (χ1n) is 8.58. The van der Waals surface area contributed by atoms with Crippen LogP contribution in [0.5, 0.6) is 0 Å². The lowest BCUT2D eigenvalue weighted by molar-refractivity contribution is -0.115. The average Bonchev–Trinajstić information content (AvgIpc) is 3.35. The quantitative estimate of drug-likeness (QED) is 0.518. The number of nitrogens with one attached hydrogen (secondary N) is 1. The Hall–Kier alpha value is -3.27. The molecule has 1 N–H and O–H groups in total. The number of pyridine rings is 1. The fourth-order valence-corrected chi connectivity index (χ4v) is 3.29. The standard InChI is InChI=1S/C18H18N8OS/c1-11-13(12(2)26-17(21-11)23-18(24-26)28-3)10-15(27)22-14-6-4-7-19-16(14)25-9-5-8-20-25/h4-9H,10H2,1-3H3,(H,22,27). The fourth-order valence-electron chi connectivity index (χ4n) is 2.96. The molecule has 0 aliphatic carbocycles. The molecule has 0 saturated carbocycles. The maximum atomic E-state index is 12.8. The summed E-state index contributed by atoms with van der Waals surface area (Å²) in [6.07, 6.45) is 7.18. The summed E-state index contributed by atoms with van der Waals surface area (Å²) in [5, 5.41) is 12.2. The summed E-state index contributed by atoms with van der Waals surface area (Å²) < 4.78 is 3.29. The van der Waals surface area contributed by atoms with Crippen LogP contribution in [0, 0.1) is 13.8 Å². The Morgan fingerprint density at radius 3 is 2.82 bits per heavy atom. The second-order valence-corrected chi connectivity index (χ2v) is 6.90. The van der Waals surface area contributed by atoms with Crippen molar-refractivity contribution in [3.63, 3.8) is 0 Å². The lowest BCUT2D eigenvalue weighted by Crippen LogP contribution is -2.19. The van der Waals surface area contributed by atoms with Crippen LogP contribution in [0.2, 0.25) is 0 Å². The van der Waals surface area contributed by atoms with Crippen LogP contribution < -0.4 is 5.32 Å². The molecule has 1 amide bonds. The highest BCUT2D eigenvalue weighted by molar-refractivity contribution is 7.98. The minimum Gasteiger partial charge on any atom is -0.323 e. The second kappa shape index (κ2) is 7.39. The second-order valence-electron chi connectivity index (χ2n) is 6.12. The number of carbonyl (C=O) groups is 1. The molecule has 0 bridgehead atoms. The number of anilines is 1. The number of aromatic nitrogens is 7. The highest BCUT2D eigenvalue weighted by Gasteiger charge is 2.17. The summed E-state index contributed by atoms with van der Waals surface area (Å²) in [7, 11) is 0. The van der Waals surface area contributed by atoms with Gasteiger partial charge in [0.15, 0.2) is 5.82 Å². The summed E-state index contributed by atoms with van der Waals surface area (Å²) in [5.41, 5.74) is 3.03. The van der Waals surface area contributed by atoms with Crippen LogP contribution in [0.4, 0.5) is 5.69 Å². The van der Waals surface area contributed by atoms with Crippen molar-refractivity contribution in [3.8, 4) is 5.82 Å². The first-order valence-corrected chi connectivity index (χ1v) is 9.81. The number of fused-ring (bicyclic) bond motifs is 1.